The molecule has 0 bridgehead atoms. The van der Waals surface area contributed by atoms with E-state index in [4.69, 9.17) is 4.74 Å². The first-order valence-electron chi connectivity index (χ1n) is 5.62. The van der Waals surface area contributed by atoms with Gasteiger partial charge in [-0.25, -0.2) is 0 Å². The van der Waals surface area contributed by atoms with Gasteiger partial charge in [-0.2, -0.15) is 0 Å². The monoisotopic (exact) mass is 286 g/mol. The number of nitrogens with zero attached hydrogens (tertiary/aromatic N) is 1. The highest BCUT2D eigenvalue weighted by Crippen LogP contribution is 2.16. The summed E-state index contributed by atoms with van der Waals surface area (Å²) in [5, 5.41) is 3.32. The molecule has 6 heteroatoms. The first-order valence-corrected chi connectivity index (χ1v) is 5.62. The van der Waals surface area contributed by atoms with Crippen LogP contribution in [0, 0.1) is 5.92 Å². The smallest absolute Gasteiger partial charge is 0.323 e. The van der Waals surface area contributed by atoms with Crippen molar-refractivity contribution in [2.24, 2.45) is 5.92 Å². The number of carbonyl (C=O) groups excluding carboxylic acids is 1. The van der Waals surface area contributed by atoms with Gasteiger partial charge in [0.2, 0.25) is 0 Å². The van der Waals surface area contributed by atoms with Gasteiger partial charge in [-0.05, 0) is 12.8 Å². The van der Waals surface area contributed by atoms with E-state index < -0.39 is 0 Å². The Kier molecular flexibility index (Phi) is 10.2. The molecule has 0 spiro atoms. The van der Waals surface area contributed by atoms with Crippen molar-refractivity contribution < 1.29 is 9.53 Å². The minimum absolute atomic E-state index is 0. The number of ether oxygens (including phenoxy) is 1. The van der Waals surface area contributed by atoms with Crippen molar-refractivity contribution in [3.63, 3.8) is 0 Å². The van der Waals surface area contributed by atoms with Crippen molar-refractivity contribution in [1.82, 2.24) is 10.2 Å². The van der Waals surface area contributed by atoms with Crippen molar-refractivity contribution in [1.29, 1.82) is 0 Å². The molecule has 2 atom stereocenters. The average Bonchev–Trinajstić information content (AvgIpc) is 2.20. The number of halogens is 2. The van der Waals surface area contributed by atoms with Crippen LogP contribution >= 0.6 is 24.8 Å². The molecule has 1 heterocycles. The van der Waals surface area contributed by atoms with E-state index in [1.54, 1.807) is 0 Å². The van der Waals surface area contributed by atoms with E-state index in [-0.39, 0.29) is 42.7 Å². The summed E-state index contributed by atoms with van der Waals surface area (Å²) in [5.74, 6) is 0.178. The number of hydrogen-bond donors (Lipinski definition) is 1. The van der Waals surface area contributed by atoms with Crippen LogP contribution < -0.4 is 5.32 Å². The number of methoxy groups -OCH3 is 1. The second kappa shape index (κ2) is 8.97. The minimum atomic E-state index is -0.112. The molecule has 0 radical (unpaired) electrons. The second-order valence-corrected chi connectivity index (χ2v) is 4.50. The van der Waals surface area contributed by atoms with Gasteiger partial charge in [0.05, 0.1) is 7.11 Å². The van der Waals surface area contributed by atoms with Crippen LogP contribution in [0.1, 0.15) is 20.8 Å². The molecule has 1 rings (SSSR count). The Labute approximate surface area is 116 Å². The molecule has 0 amide bonds. The third-order valence-corrected chi connectivity index (χ3v) is 2.98. The zero-order chi connectivity index (χ0) is 11.4. The number of carbonyl (C=O) groups is 1. The first-order chi connectivity index (χ1) is 7.07. The van der Waals surface area contributed by atoms with Crippen molar-refractivity contribution in [2.75, 3.05) is 26.7 Å². The maximum Gasteiger partial charge on any atom is 0.323 e. The van der Waals surface area contributed by atoms with Gasteiger partial charge in [-0.3, -0.25) is 9.69 Å². The molecule has 1 saturated heterocycles. The van der Waals surface area contributed by atoms with E-state index in [0.29, 0.717) is 6.04 Å². The normalized spacial score (nSPS) is 22.3. The van der Waals surface area contributed by atoms with Gasteiger partial charge in [0.1, 0.15) is 6.04 Å². The molecule has 1 fully saturated rings. The summed E-state index contributed by atoms with van der Waals surface area (Å²) in [6.45, 7) is 9.08. The van der Waals surface area contributed by atoms with Crippen molar-refractivity contribution in [2.45, 2.75) is 32.9 Å². The number of esters is 1. The van der Waals surface area contributed by atoms with E-state index >= 15 is 0 Å². The molecule has 2 unspecified atom stereocenters. The lowest BCUT2D eigenvalue weighted by atomic mass is 10.00. The third kappa shape index (κ3) is 5.00. The van der Waals surface area contributed by atoms with E-state index in [9.17, 15) is 4.79 Å². The summed E-state index contributed by atoms with van der Waals surface area (Å²) in [4.78, 5) is 14.0. The van der Waals surface area contributed by atoms with Crippen LogP contribution in [0.3, 0.4) is 0 Å². The van der Waals surface area contributed by atoms with Crippen LogP contribution in [0.15, 0.2) is 0 Å². The highest BCUT2D eigenvalue weighted by Gasteiger charge is 2.33. The fraction of sp³-hybridized carbons (Fsp3) is 0.909. The lowest BCUT2D eigenvalue weighted by Crippen LogP contribution is -2.57. The topological polar surface area (TPSA) is 41.6 Å². The molecule has 1 aliphatic rings. The van der Waals surface area contributed by atoms with Gasteiger partial charge < -0.3 is 10.1 Å². The van der Waals surface area contributed by atoms with Gasteiger partial charge in [-0.1, -0.05) is 13.8 Å². The molecule has 4 nitrogen and oxygen atoms in total. The molecule has 0 saturated carbocycles. The molecule has 1 N–H and O–H groups in total. The van der Waals surface area contributed by atoms with Crippen LogP contribution in [0.2, 0.25) is 0 Å². The Morgan fingerprint density at radius 2 is 2.00 bits per heavy atom. The van der Waals surface area contributed by atoms with E-state index in [0.717, 1.165) is 19.6 Å². The molecular weight excluding hydrogens is 263 g/mol. The van der Waals surface area contributed by atoms with Gasteiger partial charge in [0, 0.05) is 25.7 Å². The average molecular weight is 287 g/mol. The Bertz CT molecular complexity index is 228. The van der Waals surface area contributed by atoms with Crippen LogP contribution in [-0.4, -0.2) is 49.7 Å². The molecule has 104 valence electrons. The number of rotatable bonds is 3. The summed E-state index contributed by atoms with van der Waals surface area (Å²) >= 11 is 0. The largest absolute Gasteiger partial charge is 0.468 e. The lowest BCUT2D eigenvalue weighted by molar-refractivity contribution is -0.150. The molecule has 0 aromatic heterocycles. The summed E-state index contributed by atoms with van der Waals surface area (Å²) < 4.78 is 4.87. The Morgan fingerprint density at radius 3 is 2.41 bits per heavy atom. The molecule has 0 aliphatic carbocycles. The summed E-state index contributed by atoms with van der Waals surface area (Å²) in [5.41, 5.74) is 0. The fourth-order valence-corrected chi connectivity index (χ4v) is 2.18. The Hall–Kier alpha value is -0.0300. The molecule has 17 heavy (non-hydrogen) atoms. The van der Waals surface area contributed by atoms with Crippen LogP contribution in [0.4, 0.5) is 0 Å². The van der Waals surface area contributed by atoms with Gasteiger partial charge in [0.25, 0.3) is 0 Å². The third-order valence-electron chi connectivity index (χ3n) is 2.98. The maximum absolute atomic E-state index is 11.7. The predicted octanol–water partition coefficient (Wildman–Crippen LogP) is 1.32. The zero-order valence-electron chi connectivity index (χ0n) is 10.9. The van der Waals surface area contributed by atoms with Crippen LogP contribution in [-0.2, 0) is 9.53 Å². The van der Waals surface area contributed by atoms with Crippen LogP contribution in [0.25, 0.3) is 0 Å². The Balaban J connectivity index is 0. The minimum Gasteiger partial charge on any atom is -0.468 e. The molecule has 0 aromatic rings. The van der Waals surface area contributed by atoms with Gasteiger partial charge >= 0.3 is 5.97 Å². The molecular formula is C11H24Cl2N2O2. The van der Waals surface area contributed by atoms with Crippen molar-refractivity contribution in [3.8, 4) is 0 Å². The van der Waals surface area contributed by atoms with E-state index in [1.165, 1.54) is 7.11 Å². The summed E-state index contributed by atoms with van der Waals surface area (Å²) in [7, 11) is 1.46. The fourth-order valence-electron chi connectivity index (χ4n) is 2.18. The van der Waals surface area contributed by atoms with Crippen molar-refractivity contribution >= 4 is 30.8 Å². The van der Waals surface area contributed by atoms with E-state index in [1.807, 2.05) is 0 Å². The quantitative estimate of drug-likeness (QED) is 0.795. The number of piperazine rings is 1. The Morgan fingerprint density at radius 1 is 1.41 bits per heavy atom. The first kappa shape index (κ1) is 19.3. The number of hydrogen-bond acceptors (Lipinski definition) is 4. The standard InChI is InChI=1S/C11H22N2O2.2ClH/c1-8(2)10(11(14)15-4)13-6-5-12-7-9(13)3;;/h8-10,12H,5-7H2,1-4H3;2*1H. The highest BCUT2D eigenvalue weighted by molar-refractivity contribution is 5.85. The zero-order valence-corrected chi connectivity index (χ0v) is 12.6. The number of nitrogens with one attached hydrogen (secondary N) is 1. The maximum atomic E-state index is 11.7. The summed E-state index contributed by atoms with van der Waals surface area (Å²) in [6, 6.07) is 0.289. The van der Waals surface area contributed by atoms with Gasteiger partial charge in [-0.15, -0.1) is 24.8 Å². The SMILES string of the molecule is COC(=O)C(C(C)C)N1CCNCC1C.Cl.Cl. The highest BCUT2D eigenvalue weighted by atomic mass is 35.5. The predicted molar refractivity (Wildman–Crippen MR) is 74.2 cm³/mol. The second-order valence-electron chi connectivity index (χ2n) is 4.50. The van der Waals surface area contributed by atoms with Crippen LogP contribution in [0.5, 0.6) is 0 Å². The lowest BCUT2D eigenvalue weighted by Gasteiger charge is -2.40. The molecule has 1 aliphatic heterocycles. The molecule has 0 aromatic carbocycles. The van der Waals surface area contributed by atoms with E-state index in [2.05, 4.69) is 31.0 Å². The van der Waals surface area contributed by atoms with Gasteiger partial charge in [0.15, 0.2) is 0 Å². The van der Waals surface area contributed by atoms with Crippen molar-refractivity contribution in [3.05, 3.63) is 0 Å². The summed E-state index contributed by atoms with van der Waals surface area (Å²) in [6.07, 6.45) is 0.